The number of carbonyl (C=O) groups is 1. The fraction of sp³-hybridized carbons (Fsp3) is 0.118. The summed E-state index contributed by atoms with van der Waals surface area (Å²) >= 11 is 1.44. The van der Waals surface area contributed by atoms with Gasteiger partial charge < -0.3 is 5.73 Å². The number of hydrogen-bond acceptors (Lipinski definition) is 4. The van der Waals surface area contributed by atoms with Crippen LogP contribution in [-0.2, 0) is 11.8 Å². The van der Waals surface area contributed by atoms with Gasteiger partial charge in [-0.1, -0.05) is 72.8 Å². The van der Waals surface area contributed by atoms with Crippen LogP contribution in [-0.4, -0.2) is 11.5 Å². The van der Waals surface area contributed by atoms with E-state index < -0.39 is 5.41 Å². The number of carbonyl (C=O) groups excluding carboxylic acids is 1. The van der Waals surface area contributed by atoms with Gasteiger partial charge in [-0.25, -0.2) is 4.40 Å². The minimum atomic E-state index is -1.08. The van der Waals surface area contributed by atoms with E-state index in [-0.39, 0.29) is 5.78 Å². The quantitative estimate of drug-likeness (QED) is 0.217. The second kappa shape index (κ2) is 9.00. The minimum absolute atomic E-state index is 0.0159. The molecule has 3 aliphatic rings. The average Bonchev–Trinajstić information content (AvgIpc) is 3.19. The number of allylic oxidation sites excluding steroid dienone is 1. The molecule has 4 aromatic rings. The van der Waals surface area contributed by atoms with Gasteiger partial charge in [0.1, 0.15) is 5.41 Å². The summed E-state index contributed by atoms with van der Waals surface area (Å²) in [5.74, 6) is 0.0159. The molecular weight excluding hydrogens is 484 g/mol. The van der Waals surface area contributed by atoms with Gasteiger partial charge in [-0.3, -0.25) is 4.79 Å². The predicted octanol–water partition coefficient (Wildman–Crippen LogP) is 5.76. The summed E-state index contributed by atoms with van der Waals surface area (Å²) in [6.07, 6.45) is 11.7. The fourth-order valence-electron chi connectivity index (χ4n) is 6.07. The summed E-state index contributed by atoms with van der Waals surface area (Å²) in [7, 11) is 0. The maximum absolute atomic E-state index is 15.0. The van der Waals surface area contributed by atoms with Crippen LogP contribution in [0.1, 0.15) is 39.9 Å². The van der Waals surface area contributed by atoms with E-state index in [4.69, 9.17) is 10.1 Å². The Morgan fingerprint density at radius 2 is 1.66 bits per heavy atom. The lowest BCUT2D eigenvalue weighted by Crippen LogP contribution is -2.46. The van der Waals surface area contributed by atoms with Crippen molar-refractivity contribution < 1.29 is 4.79 Å². The van der Waals surface area contributed by atoms with E-state index in [1.54, 1.807) is 0 Å². The van der Waals surface area contributed by atoms with Crippen molar-refractivity contribution in [1.29, 1.82) is 0 Å². The molecule has 0 saturated heterocycles. The van der Waals surface area contributed by atoms with E-state index in [1.165, 1.54) is 22.7 Å². The molecule has 38 heavy (non-hydrogen) atoms. The standard InChI is InChI=1S/C34H26N2OS/c35-26-17-13-24(14-18-26)33(37)34(31-20-16-23-8-3-6-12-30(23)38-36-31)21-25-9-2-4-10-27(25)29-19-15-22-7-1-5-11-28(22)32(29)34/h2-4,6-10,12-21H,1,5,11,35H2. The molecule has 4 aromatic carbocycles. The Morgan fingerprint density at radius 3 is 2.55 bits per heavy atom. The predicted molar refractivity (Wildman–Crippen MR) is 157 cm³/mol. The number of fused-ring (bicyclic) bond motifs is 5. The smallest absolute Gasteiger partial charge is 0.183 e. The van der Waals surface area contributed by atoms with Crippen LogP contribution in [0.25, 0.3) is 18.2 Å². The summed E-state index contributed by atoms with van der Waals surface area (Å²) in [6, 6.07) is 28.4. The summed E-state index contributed by atoms with van der Waals surface area (Å²) in [6.45, 7) is 0. The van der Waals surface area contributed by atoms with Crippen LogP contribution < -0.4 is 16.2 Å². The van der Waals surface area contributed by atoms with Gasteiger partial charge >= 0.3 is 0 Å². The molecule has 3 nitrogen and oxygen atoms in total. The van der Waals surface area contributed by atoms with E-state index in [2.05, 4.69) is 60.7 Å². The first-order valence-electron chi connectivity index (χ1n) is 13.0. The Balaban J connectivity index is 1.62. The number of Topliss-reactive ketones (excluding diaryl/α,β-unsaturated/α-hetero) is 1. The molecule has 2 N–H and O–H groups in total. The molecule has 7 rings (SSSR count). The second-order valence-electron chi connectivity index (χ2n) is 10.1. The maximum atomic E-state index is 15.0. The molecule has 0 aromatic heterocycles. The van der Waals surface area contributed by atoms with E-state index >= 15 is 0 Å². The number of benzene rings is 4. The summed E-state index contributed by atoms with van der Waals surface area (Å²) in [5, 5.41) is 4.55. The van der Waals surface area contributed by atoms with Gasteiger partial charge in [0.25, 0.3) is 0 Å². The molecule has 1 aliphatic heterocycles. The Labute approximate surface area is 225 Å². The molecule has 184 valence electrons. The highest BCUT2D eigenvalue weighted by Crippen LogP contribution is 2.41. The topological polar surface area (TPSA) is 55.5 Å². The van der Waals surface area contributed by atoms with Gasteiger partial charge in [0.15, 0.2) is 5.78 Å². The van der Waals surface area contributed by atoms with Crippen molar-refractivity contribution in [3.63, 3.8) is 0 Å². The van der Waals surface area contributed by atoms with Crippen molar-refractivity contribution in [3.8, 4) is 0 Å². The van der Waals surface area contributed by atoms with Crippen LogP contribution in [0.2, 0.25) is 0 Å². The zero-order valence-corrected chi connectivity index (χ0v) is 21.7. The van der Waals surface area contributed by atoms with E-state index in [9.17, 15) is 4.79 Å². The highest BCUT2D eigenvalue weighted by atomic mass is 32.2. The van der Waals surface area contributed by atoms with E-state index in [1.807, 2.05) is 48.5 Å². The number of nitrogen functional groups attached to an aromatic ring is 1. The number of hydrogen-bond donors (Lipinski definition) is 1. The molecule has 0 fully saturated rings. The van der Waals surface area contributed by atoms with Gasteiger partial charge in [0.05, 0.1) is 5.71 Å². The number of anilines is 1. The molecule has 1 heterocycles. The number of rotatable bonds is 3. The second-order valence-corrected chi connectivity index (χ2v) is 10.9. The molecule has 2 aliphatic carbocycles. The molecule has 0 saturated carbocycles. The first kappa shape index (κ1) is 23.0. The third-order valence-corrected chi connectivity index (χ3v) is 8.74. The maximum Gasteiger partial charge on any atom is 0.183 e. The van der Waals surface area contributed by atoms with Crippen molar-refractivity contribution in [2.45, 2.75) is 29.6 Å². The number of nitrogens with zero attached hydrogens (tertiary/aromatic N) is 1. The van der Waals surface area contributed by atoms with Crippen LogP contribution in [0, 0.1) is 10.4 Å². The highest BCUT2D eigenvalue weighted by molar-refractivity contribution is 7.98. The van der Waals surface area contributed by atoms with Crippen LogP contribution in [0.15, 0.2) is 100 Å². The lowest BCUT2D eigenvalue weighted by atomic mass is 9.65. The van der Waals surface area contributed by atoms with Crippen molar-refractivity contribution >= 4 is 47.4 Å². The molecule has 1 unspecified atom stereocenters. The van der Waals surface area contributed by atoms with Crippen molar-refractivity contribution in [2.75, 3.05) is 5.73 Å². The van der Waals surface area contributed by atoms with Gasteiger partial charge in [-0.05, 0) is 93.2 Å². The van der Waals surface area contributed by atoms with Crippen LogP contribution in [0.4, 0.5) is 5.69 Å². The van der Waals surface area contributed by atoms with E-state index in [0.717, 1.165) is 56.7 Å². The summed E-state index contributed by atoms with van der Waals surface area (Å²) in [4.78, 5) is 16.0. The molecule has 0 radical (unpaired) electrons. The first-order chi connectivity index (χ1) is 18.6. The summed E-state index contributed by atoms with van der Waals surface area (Å²) in [5.41, 5.74) is 10.4. The monoisotopic (exact) mass is 510 g/mol. The largest absolute Gasteiger partial charge is 0.399 e. The van der Waals surface area contributed by atoms with Crippen molar-refractivity contribution in [1.82, 2.24) is 0 Å². The van der Waals surface area contributed by atoms with Gasteiger partial charge in [-0.15, -0.1) is 0 Å². The van der Waals surface area contributed by atoms with Crippen LogP contribution in [0.3, 0.4) is 0 Å². The SMILES string of the molecule is Nc1ccc(C(=O)C2(C3=NSc4ccccc4C=C3)C=c3ccccc3=c3ccc4c(c32)CCCC=4)cc1. The van der Waals surface area contributed by atoms with Crippen LogP contribution in [0.5, 0.6) is 0 Å². The average molecular weight is 511 g/mol. The first-order valence-corrected chi connectivity index (χ1v) is 13.8. The Morgan fingerprint density at radius 1 is 0.842 bits per heavy atom. The van der Waals surface area contributed by atoms with Crippen molar-refractivity contribution in [2.24, 2.45) is 4.40 Å². The zero-order chi connectivity index (χ0) is 25.7. The van der Waals surface area contributed by atoms with Crippen molar-refractivity contribution in [3.05, 3.63) is 134 Å². The summed E-state index contributed by atoms with van der Waals surface area (Å²) < 4.78 is 5.10. The lowest BCUT2D eigenvalue weighted by molar-refractivity contribution is 0.0958. The van der Waals surface area contributed by atoms with Gasteiger partial charge in [0, 0.05) is 28.1 Å². The van der Waals surface area contributed by atoms with Crippen LogP contribution >= 0.6 is 11.9 Å². The fourth-order valence-corrected chi connectivity index (χ4v) is 6.85. The number of nitrogens with two attached hydrogens (primary N) is 1. The zero-order valence-electron chi connectivity index (χ0n) is 20.9. The minimum Gasteiger partial charge on any atom is -0.399 e. The molecule has 0 spiro atoms. The Hall–Kier alpha value is -4.15. The molecular formula is C34H26N2OS. The third-order valence-electron chi connectivity index (χ3n) is 7.88. The molecule has 4 heteroatoms. The van der Waals surface area contributed by atoms with Gasteiger partial charge in [-0.2, -0.15) is 0 Å². The normalized spacial score (nSPS) is 18.9. The highest BCUT2D eigenvalue weighted by Gasteiger charge is 2.46. The molecule has 0 bridgehead atoms. The third kappa shape index (κ3) is 3.52. The lowest BCUT2D eigenvalue weighted by Gasteiger charge is -2.35. The molecule has 1 atom stereocenters. The molecule has 0 amide bonds. The Bertz CT molecular complexity index is 1900. The Kier molecular flexibility index (Phi) is 5.45. The number of ketones is 1. The van der Waals surface area contributed by atoms with Gasteiger partial charge in [0.2, 0.25) is 0 Å². The van der Waals surface area contributed by atoms with E-state index in [0.29, 0.717) is 11.3 Å².